The molecule has 0 saturated carbocycles. The van der Waals surface area contributed by atoms with Crippen LogP contribution in [0.25, 0.3) is 0 Å². The van der Waals surface area contributed by atoms with Gasteiger partial charge >= 0.3 is 0 Å². The zero-order valence-electron chi connectivity index (χ0n) is 12.6. The van der Waals surface area contributed by atoms with Crippen LogP contribution < -0.4 is 0 Å². The predicted molar refractivity (Wildman–Crippen MR) is 83.4 cm³/mol. The molecule has 1 atom stereocenters. The van der Waals surface area contributed by atoms with Gasteiger partial charge in [0.05, 0.1) is 6.10 Å². The number of rotatable bonds is 4. The van der Waals surface area contributed by atoms with Crippen LogP contribution in [-0.4, -0.2) is 28.4 Å². The molecule has 22 heavy (non-hydrogen) atoms. The predicted octanol–water partition coefficient (Wildman–Crippen LogP) is 3.19. The Morgan fingerprint density at radius 1 is 1.32 bits per heavy atom. The summed E-state index contributed by atoms with van der Waals surface area (Å²) in [4.78, 5) is 25.3. The van der Waals surface area contributed by atoms with Gasteiger partial charge in [0.1, 0.15) is 5.82 Å². The number of halogens is 2. The van der Waals surface area contributed by atoms with Gasteiger partial charge in [0, 0.05) is 23.9 Å². The van der Waals surface area contributed by atoms with Crippen molar-refractivity contribution in [3.05, 3.63) is 34.1 Å². The van der Waals surface area contributed by atoms with Gasteiger partial charge in [-0.2, -0.15) is 0 Å². The van der Waals surface area contributed by atoms with Gasteiger partial charge in [-0.1, -0.05) is 35.8 Å². The Labute approximate surface area is 137 Å². The first-order valence-corrected chi connectivity index (χ1v) is 7.95. The molecule has 1 aromatic carbocycles. The molecule has 1 unspecified atom stereocenters. The highest BCUT2D eigenvalue weighted by atomic mass is 79.9. The zero-order chi connectivity index (χ0) is 16.5. The summed E-state index contributed by atoms with van der Waals surface area (Å²) >= 11 is 3.20. The molecule has 2 rings (SSSR count). The molecule has 1 aliphatic heterocycles. The number of aliphatic hydroxyl groups excluding tert-OH is 1. The van der Waals surface area contributed by atoms with Crippen LogP contribution in [0.4, 0.5) is 4.39 Å². The summed E-state index contributed by atoms with van der Waals surface area (Å²) < 4.78 is 13.5. The second kappa shape index (κ2) is 6.46. The fraction of sp³-hybridized carbons (Fsp3) is 0.500. The number of benzene rings is 1. The Kier molecular flexibility index (Phi) is 5.02. The van der Waals surface area contributed by atoms with E-state index in [1.54, 1.807) is 0 Å². The van der Waals surface area contributed by atoms with Crippen molar-refractivity contribution in [2.45, 2.75) is 39.2 Å². The van der Waals surface area contributed by atoms with E-state index in [1.807, 2.05) is 13.8 Å². The number of amides is 2. The largest absolute Gasteiger partial charge is 0.388 e. The van der Waals surface area contributed by atoms with E-state index in [-0.39, 0.29) is 30.2 Å². The molecule has 2 amide bonds. The maximum Gasteiger partial charge on any atom is 0.229 e. The lowest BCUT2D eigenvalue weighted by Crippen LogP contribution is -2.46. The molecule has 1 aromatic rings. The van der Waals surface area contributed by atoms with Crippen molar-refractivity contribution >= 4 is 27.7 Å². The van der Waals surface area contributed by atoms with Gasteiger partial charge in [0.25, 0.3) is 0 Å². The van der Waals surface area contributed by atoms with Crippen LogP contribution in [0.3, 0.4) is 0 Å². The second-order valence-electron chi connectivity index (χ2n) is 6.43. The maximum atomic E-state index is 13.1. The number of carbonyl (C=O) groups is 2. The van der Waals surface area contributed by atoms with Gasteiger partial charge < -0.3 is 5.11 Å². The van der Waals surface area contributed by atoms with Gasteiger partial charge in [-0.3, -0.25) is 14.5 Å². The summed E-state index contributed by atoms with van der Waals surface area (Å²) in [5, 5.41) is 10.2. The number of hydrogen-bond acceptors (Lipinski definition) is 3. The number of nitrogens with zero attached hydrogens (tertiary/aromatic N) is 1. The molecule has 1 heterocycles. The molecule has 1 aliphatic rings. The lowest BCUT2D eigenvalue weighted by molar-refractivity contribution is -0.152. The quantitative estimate of drug-likeness (QED) is 0.826. The molecule has 0 bridgehead atoms. The Morgan fingerprint density at radius 3 is 2.45 bits per heavy atom. The minimum atomic E-state index is -0.870. The minimum Gasteiger partial charge on any atom is -0.388 e. The van der Waals surface area contributed by atoms with Crippen LogP contribution in [0.15, 0.2) is 22.7 Å². The monoisotopic (exact) mass is 371 g/mol. The number of imide groups is 1. The summed E-state index contributed by atoms with van der Waals surface area (Å²) in [6, 6.07) is 4.04. The van der Waals surface area contributed by atoms with Gasteiger partial charge in [-0.05, 0) is 29.5 Å². The average molecular weight is 372 g/mol. The Morgan fingerprint density at radius 2 is 1.91 bits per heavy atom. The fourth-order valence-corrected chi connectivity index (χ4v) is 3.25. The van der Waals surface area contributed by atoms with Crippen LogP contribution in [0.1, 0.15) is 44.8 Å². The van der Waals surface area contributed by atoms with E-state index in [2.05, 4.69) is 15.9 Å². The number of hydrogen-bond donors (Lipinski definition) is 1. The highest BCUT2D eigenvalue weighted by Gasteiger charge is 2.37. The van der Waals surface area contributed by atoms with Crippen LogP contribution in [0.5, 0.6) is 0 Å². The summed E-state index contributed by atoms with van der Waals surface area (Å²) in [6.45, 7) is 3.95. The normalized spacial score (nSPS) is 19.4. The SMILES string of the molecule is CC1(C)CC(=O)N(CCC(O)c2ccc(F)cc2Br)C(=O)C1. The van der Waals surface area contributed by atoms with E-state index in [1.165, 1.54) is 23.1 Å². The minimum absolute atomic E-state index is 0.165. The molecular weight excluding hydrogens is 353 g/mol. The lowest BCUT2D eigenvalue weighted by atomic mass is 9.81. The van der Waals surface area contributed by atoms with E-state index in [4.69, 9.17) is 0 Å². The molecule has 0 aliphatic carbocycles. The van der Waals surface area contributed by atoms with Crippen molar-refractivity contribution in [2.75, 3.05) is 6.54 Å². The summed E-state index contributed by atoms with van der Waals surface area (Å²) in [6.07, 6.45) is 0.0114. The van der Waals surface area contributed by atoms with Crippen molar-refractivity contribution in [2.24, 2.45) is 5.41 Å². The van der Waals surface area contributed by atoms with Crippen molar-refractivity contribution in [1.82, 2.24) is 4.90 Å². The molecule has 0 aromatic heterocycles. The lowest BCUT2D eigenvalue weighted by Gasteiger charge is -2.35. The third kappa shape index (κ3) is 3.93. The molecule has 0 spiro atoms. The van der Waals surface area contributed by atoms with Crippen LogP contribution in [0, 0.1) is 11.2 Å². The van der Waals surface area contributed by atoms with Crippen molar-refractivity contribution in [3.63, 3.8) is 0 Å². The summed E-state index contributed by atoms with van der Waals surface area (Å²) in [7, 11) is 0. The molecule has 6 heteroatoms. The second-order valence-corrected chi connectivity index (χ2v) is 7.28. The first-order valence-electron chi connectivity index (χ1n) is 7.16. The first-order chi connectivity index (χ1) is 10.2. The van der Waals surface area contributed by atoms with Crippen LogP contribution >= 0.6 is 15.9 Å². The van der Waals surface area contributed by atoms with Gasteiger partial charge in [0.2, 0.25) is 11.8 Å². The van der Waals surface area contributed by atoms with Gasteiger partial charge in [0.15, 0.2) is 0 Å². The van der Waals surface area contributed by atoms with E-state index in [0.717, 1.165) is 0 Å². The molecular formula is C16H19BrFNO3. The van der Waals surface area contributed by atoms with E-state index < -0.39 is 11.9 Å². The van der Waals surface area contributed by atoms with Crippen molar-refractivity contribution < 1.29 is 19.1 Å². The summed E-state index contributed by atoms with van der Waals surface area (Å²) in [5.74, 6) is -0.801. The number of aliphatic hydroxyl groups is 1. The van der Waals surface area contributed by atoms with Crippen molar-refractivity contribution in [3.8, 4) is 0 Å². The molecule has 0 radical (unpaired) electrons. The highest BCUT2D eigenvalue weighted by Crippen LogP contribution is 2.32. The third-order valence-electron chi connectivity index (χ3n) is 3.81. The maximum absolute atomic E-state index is 13.1. The Bertz CT molecular complexity index is 583. The first kappa shape index (κ1) is 17.1. The molecule has 4 nitrogen and oxygen atoms in total. The third-order valence-corrected chi connectivity index (χ3v) is 4.50. The van der Waals surface area contributed by atoms with E-state index >= 15 is 0 Å². The number of likely N-dealkylation sites (tertiary alicyclic amines) is 1. The van der Waals surface area contributed by atoms with Gasteiger partial charge in [-0.25, -0.2) is 4.39 Å². The topological polar surface area (TPSA) is 57.6 Å². The highest BCUT2D eigenvalue weighted by molar-refractivity contribution is 9.10. The molecule has 120 valence electrons. The van der Waals surface area contributed by atoms with E-state index in [0.29, 0.717) is 22.9 Å². The van der Waals surface area contributed by atoms with Gasteiger partial charge in [-0.15, -0.1) is 0 Å². The molecule has 1 saturated heterocycles. The Balaban J connectivity index is 2.00. The summed E-state index contributed by atoms with van der Waals surface area (Å²) in [5.41, 5.74) is 0.238. The van der Waals surface area contributed by atoms with Crippen LogP contribution in [-0.2, 0) is 9.59 Å². The van der Waals surface area contributed by atoms with Crippen LogP contribution in [0.2, 0.25) is 0 Å². The number of piperidine rings is 1. The molecule has 1 fully saturated rings. The Hall–Kier alpha value is -1.27. The molecule has 1 N–H and O–H groups in total. The van der Waals surface area contributed by atoms with Crippen molar-refractivity contribution in [1.29, 1.82) is 0 Å². The standard InChI is InChI=1S/C16H19BrFNO3/c1-16(2)8-14(21)19(15(22)9-16)6-5-13(20)11-4-3-10(18)7-12(11)17/h3-4,7,13,20H,5-6,8-9H2,1-2H3. The zero-order valence-corrected chi connectivity index (χ0v) is 14.2. The smallest absolute Gasteiger partial charge is 0.229 e. The average Bonchev–Trinajstić information content (AvgIpc) is 2.35. The van der Waals surface area contributed by atoms with E-state index in [9.17, 15) is 19.1 Å². The number of carbonyl (C=O) groups excluding carboxylic acids is 2. The fourth-order valence-electron chi connectivity index (χ4n) is 2.64.